The summed E-state index contributed by atoms with van der Waals surface area (Å²) in [4.78, 5) is 22.9. The van der Waals surface area contributed by atoms with Crippen LogP contribution in [0.5, 0.6) is 0 Å². The van der Waals surface area contributed by atoms with E-state index in [2.05, 4.69) is 0 Å². The van der Waals surface area contributed by atoms with Crippen LogP contribution in [0.25, 0.3) is 0 Å². The third kappa shape index (κ3) is 2.18. The molecule has 1 aromatic heterocycles. The van der Waals surface area contributed by atoms with Gasteiger partial charge in [-0.2, -0.15) is 0 Å². The largest absolute Gasteiger partial charge is 0.477 e. The molecule has 0 aromatic carbocycles. The average Bonchev–Trinajstić information content (AvgIpc) is 2.33. The fourth-order valence-electron chi connectivity index (χ4n) is 2.53. The third-order valence-electron chi connectivity index (χ3n) is 3.41. The highest BCUT2D eigenvalue weighted by Crippen LogP contribution is 2.33. The van der Waals surface area contributed by atoms with Crippen molar-refractivity contribution in [1.82, 2.24) is 4.68 Å². The summed E-state index contributed by atoms with van der Waals surface area (Å²) >= 11 is 0. The molecule has 1 fully saturated rings. The minimum atomic E-state index is -1.18. The lowest BCUT2D eigenvalue weighted by Gasteiger charge is -2.23. The van der Waals surface area contributed by atoms with Crippen molar-refractivity contribution in [2.24, 2.45) is 0 Å². The minimum Gasteiger partial charge on any atom is -0.477 e. The maximum Gasteiger partial charge on any atom is 0.341 e. The molecule has 1 aromatic rings. The Morgan fingerprint density at radius 2 is 2.00 bits per heavy atom. The Labute approximate surface area is 98.8 Å². The number of nitrogens with zero attached hydrogens (tertiary/aromatic N) is 1. The van der Waals surface area contributed by atoms with Gasteiger partial charge in [-0.25, -0.2) is 9.47 Å². The maximum absolute atomic E-state index is 11.7. The van der Waals surface area contributed by atoms with E-state index in [4.69, 9.17) is 10.9 Å². The van der Waals surface area contributed by atoms with Gasteiger partial charge in [-0.1, -0.05) is 19.3 Å². The Morgan fingerprint density at radius 3 is 2.59 bits per heavy atom. The first-order chi connectivity index (χ1) is 8.11. The lowest BCUT2D eigenvalue weighted by molar-refractivity contribution is 0.0692. The highest BCUT2D eigenvalue weighted by molar-refractivity contribution is 5.89. The molecule has 0 unspecified atom stereocenters. The van der Waals surface area contributed by atoms with Gasteiger partial charge in [-0.3, -0.25) is 4.79 Å². The molecule has 92 valence electrons. The first kappa shape index (κ1) is 11.7. The molecular weight excluding hydrogens is 220 g/mol. The molecule has 0 saturated heterocycles. The summed E-state index contributed by atoms with van der Waals surface area (Å²) in [7, 11) is 0. The molecule has 3 N–H and O–H groups in total. The number of aromatic nitrogens is 1. The fourth-order valence-corrected chi connectivity index (χ4v) is 2.53. The molecule has 0 aliphatic heterocycles. The first-order valence-corrected chi connectivity index (χ1v) is 5.85. The van der Waals surface area contributed by atoms with Crippen molar-refractivity contribution in [1.29, 1.82) is 0 Å². The zero-order valence-electron chi connectivity index (χ0n) is 9.56. The second-order valence-electron chi connectivity index (χ2n) is 4.50. The highest BCUT2D eigenvalue weighted by Gasteiger charge is 2.24. The van der Waals surface area contributed by atoms with E-state index in [-0.39, 0.29) is 11.5 Å². The summed E-state index contributed by atoms with van der Waals surface area (Å²) < 4.78 is 0.829. The van der Waals surface area contributed by atoms with Gasteiger partial charge >= 0.3 is 5.97 Å². The van der Waals surface area contributed by atoms with Crippen LogP contribution >= 0.6 is 0 Å². The average molecular weight is 236 g/mol. The van der Waals surface area contributed by atoms with Gasteiger partial charge in [0.05, 0.1) is 0 Å². The number of carboxylic acid groups (broad SMARTS) is 1. The number of hydrogen-bond donors (Lipinski definition) is 2. The standard InChI is InChI=1S/C12H16N2O3/c13-14-7-6-9(8-4-2-1-3-5-8)10(11(14)15)12(16)17/h6-8H,1-5,13H2,(H,16,17). The van der Waals surface area contributed by atoms with E-state index in [0.29, 0.717) is 5.56 Å². The van der Waals surface area contributed by atoms with E-state index in [1.807, 2.05) is 0 Å². The van der Waals surface area contributed by atoms with Gasteiger partial charge in [-0.05, 0) is 30.4 Å². The van der Waals surface area contributed by atoms with E-state index in [9.17, 15) is 9.59 Å². The molecule has 17 heavy (non-hydrogen) atoms. The van der Waals surface area contributed by atoms with Crippen LogP contribution in [0.3, 0.4) is 0 Å². The lowest BCUT2D eigenvalue weighted by atomic mass is 9.82. The number of nitrogens with two attached hydrogens (primary N) is 1. The van der Waals surface area contributed by atoms with Gasteiger partial charge in [0.25, 0.3) is 5.56 Å². The number of rotatable bonds is 2. The van der Waals surface area contributed by atoms with Crippen molar-refractivity contribution in [2.45, 2.75) is 38.0 Å². The maximum atomic E-state index is 11.7. The lowest BCUT2D eigenvalue weighted by Crippen LogP contribution is -2.33. The van der Waals surface area contributed by atoms with Crippen LogP contribution in [0, 0.1) is 0 Å². The second kappa shape index (κ2) is 4.61. The number of nitrogen functional groups attached to an aromatic ring is 1. The van der Waals surface area contributed by atoms with Gasteiger partial charge in [0.2, 0.25) is 0 Å². The Bertz CT molecular complexity index is 487. The van der Waals surface area contributed by atoms with E-state index < -0.39 is 11.5 Å². The molecule has 0 amide bonds. The number of pyridine rings is 1. The van der Waals surface area contributed by atoms with Crippen molar-refractivity contribution in [3.8, 4) is 0 Å². The quantitative estimate of drug-likeness (QED) is 0.758. The predicted molar refractivity (Wildman–Crippen MR) is 63.6 cm³/mol. The topological polar surface area (TPSA) is 85.3 Å². The summed E-state index contributed by atoms with van der Waals surface area (Å²) in [5, 5.41) is 9.13. The summed E-state index contributed by atoms with van der Waals surface area (Å²) in [6, 6.07) is 1.67. The molecule has 5 nitrogen and oxygen atoms in total. The number of carboxylic acids is 1. The van der Waals surface area contributed by atoms with Gasteiger partial charge in [0.1, 0.15) is 5.56 Å². The summed E-state index contributed by atoms with van der Waals surface area (Å²) in [5.74, 6) is 4.40. The van der Waals surface area contributed by atoms with Gasteiger partial charge < -0.3 is 10.9 Å². The zero-order valence-corrected chi connectivity index (χ0v) is 9.56. The zero-order chi connectivity index (χ0) is 12.4. The minimum absolute atomic E-state index is 0.165. The van der Waals surface area contributed by atoms with Crippen molar-refractivity contribution in [2.75, 3.05) is 5.84 Å². The summed E-state index contributed by atoms with van der Waals surface area (Å²) in [6.07, 6.45) is 6.72. The van der Waals surface area contributed by atoms with Crippen LogP contribution in [0.15, 0.2) is 17.1 Å². The molecule has 1 saturated carbocycles. The Morgan fingerprint density at radius 1 is 1.35 bits per heavy atom. The summed E-state index contributed by atoms with van der Waals surface area (Å²) in [6.45, 7) is 0. The molecular formula is C12H16N2O3. The summed E-state index contributed by atoms with van der Waals surface area (Å²) in [5.41, 5.74) is -0.147. The smallest absolute Gasteiger partial charge is 0.341 e. The van der Waals surface area contributed by atoms with Crippen LogP contribution in [0.4, 0.5) is 0 Å². The van der Waals surface area contributed by atoms with E-state index in [1.54, 1.807) is 6.07 Å². The molecule has 1 aliphatic rings. The first-order valence-electron chi connectivity index (χ1n) is 5.85. The van der Waals surface area contributed by atoms with Gasteiger partial charge in [0, 0.05) is 6.20 Å². The SMILES string of the molecule is Nn1ccc(C2CCCCC2)c(C(=O)O)c1=O. The molecule has 0 radical (unpaired) electrons. The van der Waals surface area contributed by atoms with Gasteiger partial charge in [0.15, 0.2) is 0 Å². The van der Waals surface area contributed by atoms with Crippen LogP contribution in [0.1, 0.15) is 53.9 Å². The normalized spacial score (nSPS) is 16.9. The molecule has 0 bridgehead atoms. The van der Waals surface area contributed by atoms with Crippen LogP contribution in [-0.4, -0.2) is 15.8 Å². The van der Waals surface area contributed by atoms with E-state index >= 15 is 0 Å². The molecule has 0 spiro atoms. The van der Waals surface area contributed by atoms with Crippen molar-refractivity contribution in [3.05, 3.63) is 33.7 Å². The fraction of sp³-hybridized carbons (Fsp3) is 0.500. The van der Waals surface area contributed by atoms with Crippen LogP contribution in [-0.2, 0) is 0 Å². The van der Waals surface area contributed by atoms with Crippen LogP contribution < -0.4 is 11.4 Å². The number of aromatic carboxylic acids is 1. The van der Waals surface area contributed by atoms with Crippen molar-refractivity contribution in [3.63, 3.8) is 0 Å². The molecule has 1 aliphatic carbocycles. The van der Waals surface area contributed by atoms with E-state index in [1.165, 1.54) is 12.6 Å². The Balaban J connectivity index is 2.49. The molecule has 0 atom stereocenters. The van der Waals surface area contributed by atoms with Crippen molar-refractivity contribution < 1.29 is 9.90 Å². The second-order valence-corrected chi connectivity index (χ2v) is 4.50. The highest BCUT2D eigenvalue weighted by atomic mass is 16.4. The number of hydrogen-bond acceptors (Lipinski definition) is 3. The van der Waals surface area contributed by atoms with Crippen molar-refractivity contribution >= 4 is 5.97 Å². The van der Waals surface area contributed by atoms with E-state index in [0.717, 1.165) is 30.4 Å². The van der Waals surface area contributed by atoms with Crippen LogP contribution in [0.2, 0.25) is 0 Å². The molecule has 1 heterocycles. The Hall–Kier alpha value is -1.78. The molecule has 2 rings (SSSR count). The monoisotopic (exact) mass is 236 g/mol. The number of carbonyl (C=O) groups is 1. The Kier molecular flexibility index (Phi) is 3.17. The predicted octanol–water partition coefficient (Wildman–Crippen LogP) is 1.31. The van der Waals surface area contributed by atoms with Gasteiger partial charge in [-0.15, -0.1) is 0 Å². The molecule has 5 heteroatoms. The third-order valence-corrected chi connectivity index (χ3v) is 3.41.